The Labute approximate surface area is 160 Å². The fraction of sp³-hybridized carbons (Fsp3) is 0.0500. The molecule has 0 spiro atoms. The third kappa shape index (κ3) is 3.22. The molecule has 0 aliphatic heterocycles. The third-order valence-electron chi connectivity index (χ3n) is 4.27. The van der Waals surface area contributed by atoms with E-state index in [0.717, 1.165) is 22.6 Å². The number of carboxylic acid groups (broad SMARTS) is 1. The Hall–Kier alpha value is -3.38. The first-order chi connectivity index (χ1) is 13.0. The first-order valence-corrected chi connectivity index (χ1v) is 8.60. The number of nitrogens with one attached hydrogen (secondary N) is 1. The normalized spacial score (nSPS) is 10.9. The van der Waals surface area contributed by atoms with Crippen LogP contribution in [0.25, 0.3) is 16.9 Å². The summed E-state index contributed by atoms with van der Waals surface area (Å²) in [5.74, 6) is -0.219. The van der Waals surface area contributed by atoms with Crippen LogP contribution in [0.5, 0.6) is 0 Å². The van der Waals surface area contributed by atoms with Crippen molar-refractivity contribution in [2.45, 2.75) is 6.92 Å². The predicted molar refractivity (Wildman–Crippen MR) is 105 cm³/mol. The Morgan fingerprint density at radius 3 is 2.67 bits per heavy atom. The molecular weight excluding hydrogens is 364 g/mol. The maximum absolute atomic E-state index is 11.1. The van der Waals surface area contributed by atoms with Crippen molar-refractivity contribution in [1.82, 2.24) is 14.4 Å². The molecule has 0 unspecified atom stereocenters. The van der Waals surface area contributed by atoms with Gasteiger partial charge in [-0.25, -0.2) is 9.78 Å². The van der Waals surface area contributed by atoms with Crippen LogP contribution in [0.2, 0.25) is 5.02 Å². The highest BCUT2D eigenvalue weighted by Gasteiger charge is 2.15. The first-order valence-electron chi connectivity index (χ1n) is 8.22. The van der Waals surface area contributed by atoms with Crippen molar-refractivity contribution in [2.75, 3.05) is 5.32 Å². The predicted octanol–water partition coefficient (Wildman–Crippen LogP) is 4.80. The topological polar surface area (TPSA) is 79.5 Å². The SMILES string of the molecule is Cc1ccc(Nc2c(-c3ccc(C(=O)O)cc3)nc3cnccn23)cc1Cl. The van der Waals surface area contributed by atoms with E-state index in [2.05, 4.69) is 15.3 Å². The fourth-order valence-corrected chi connectivity index (χ4v) is 2.99. The van der Waals surface area contributed by atoms with E-state index in [-0.39, 0.29) is 5.56 Å². The van der Waals surface area contributed by atoms with E-state index in [9.17, 15) is 4.79 Å². The van der Waals surface area contributed by atoms with Crippen LogP contribution < -0.4 is 5.32 Å². The highest BCUT2D eigenvalue weighted by molar-refractivity contribution is 6.31. The number of rotatable bonds is 4. The molecule has 0 bridgehead atoms. The summed E-state index contributed by atoms with van der Waals surface area (Å²) in [5, 5.41) is 13.1. The summed E-state index contributed by atoms with van der Waals surface area (Å²) < 4.78 is 1.89. The summed E-state index contributed by atoms with van der Waals surface area (Å²) in [6.45, 7) is 1.95. The lowest BCUT2D eigenvalue weighted by atomic mass is 10.1. The van der Waals surface area contributed by atoms with Gasteiger partial charge in [0.2, 0.25) is 0 Å². The summed E-state index contributed by atoms with van der Waals surface area (Å²) >= 11 is 6.25. The van der Waals surface area contributed by atoms with E-state index >= 15 is 0 Å². The second-order valence-corrected chi connectivity index (χ2v) is 6.49. The van der Waals surface area contributed by atoms with Crippen LogP contribution in [0.1, 0.15) is 15.9 Å². The maximum Gasteiger partial charge on any atom is 0.335 e. The second kappa shape index (κ2) is 6.74. The number of halogens is 1. The van der Waals surface area contributed by atoms with Crippen LogP contribution >= 0.6 is 11.6 Å². The van der Waals surface area contributed by atoms with Crippen LogP contribution in [0.3, 0.4) is 0 Å². The minimum atomic E-state index is -0.964. The van der Waals surface area contributed by atoms with Gasteiger partial charge >= 0.3 is 5.97 Å². The lowest BCUT2D eigenvalue weighted by molar-refractivity contribution is 0.0697. The number of anilines is 2. The Bertz CT molecular complexity index is 1150. The van der Waals surface area contributed by atoms with Crippen molar-refractivity contribution in [3.05, 3.63) is 77.2 Å². The maximum atomic E-state index is 11.1. The first kappa shape index (κ1) is 17.1. The molecular formula is C20H15ClN4O2. The van der Waals surface area contributed by atoms with Gasteiger partial charge in [-0.1, -0.05) is 29.8 Å². The Kier molecular flexibility index (Phi) is 4.25. The molecule has 0 fully saturated rings. The number of aryl methyl sites for hydroxylation is 1. The van der Waals surface area contributed by atoms with Crippen LogP contribution in [0, 0.1) is 6.92 Å². The van der Waals surface area contributed by atoms with Crippen LogP contribution in [0.15, 0.2) is 61.1 Å². The zero-order valence-electron chi connectivity index (χ0n) is 14.3. The summed E-state index contributed by atoms with van der Waals surface area (Å²) in [4.78, 5) is 19.9. The third-order valence-corrected chi connectivity index (χ3v) is 4.68. The molecule has 7 heteroatoms. The van der Waals surface area contributed by atoms with Gasteiger partial charge in [0.25, 0.3) is 0 Å². The van der Waals surface area contributed by atoms with Crippen molar-refractivity contribution in [3.8, 4) is 11.3 Å². The summed E-state index contributed by atoms with van der Waals surface area (Å²) in [5.41, 5.74) is 4.21. The van der Waals surface area contributed by atoms with Crippen LogP contribution in [-0.2, 0) is 0 Å². The van der Waals surface area contributed by atoms with Gasteiger partial charge in [0, 0.05) is 28.7 Å². The molecule has 134 valence electrons. The summed E-state index contributed by atoms with van der Waals surface area (Å²) in [7, 11) is 0. The minimum Gasteiger partial charge on any atom is -0.478 e. The number of aromatic carboxylic acids is 1. The van der Waals surface area contributed by atoms with Gasteiger partial charge in [-0.2, -0.15) is 0 Å². The quantitative estimate of drug-likeness (QED) is 0.533. The molecule has 2 aromatic heterocycles. The summed E-state index contributed by atoms with van der Waals surface area (Å²) in [6, 6.07) is 12.3. The molecule has 0 atom stereocenters. The van der Waals surface area contributed by atoms with Crippen LogP contribution in [-0.4, -0.2) is 25.4 Å². The standard InChI is InChI=1S/C20H15ClN4O2/c1-12-2-7-15(10-16(12)21)23-19-18(24-17-11-22-8-9-25(17)19)13-3-5-14(6-4-13)20(26)27/h2-11,23H,1H3,(H,26,27). The molecule has 0 saturated carbocycles. The molecule has 27 heavy (non-hydrogen) atoms. The lowest BCUT2D eigenvalue weighted by Gasteiger charge is -2.10. The molecule has 4 aromatic rings. The smallest absolute Gasteiger partial charge is 0.335 e. The average molecular weight is 379 g/mol. The molecule has 0 amide bonds. The van der Waals surface area contributed by atoms with Gasteiger partial charge < -0.3 is 10.4 Å². The number of fused-ring (bicyclic) bond motifs is 1. The average Bonchev–Trinajstić information content (AvgIpc) is 3.03. The van der Waals surface area contributed by atoms with Gasteiger partial charge in [-0.05, 0) is 36.8 Å². The Balaban J connectivity index is 1.83. The lowest BCUT2D eigenvalue weighted by Crippen LogP contribution is -1.98. The molecule has 0 aliphatic carbocycles. The number of carboxylic acids is 1. The minimum absolute atomic E-state index is 0.226. The summed E-state index contributed by atoms with van der Waals surface area (Å²) in [6.07, 6.45) is 5.16. The molecule has 2 heterocycles. The number of hydrogen-bond acceptors (Lipinski definition) is 4. The monoisotopic (exact) mass is 378 g/mol. The van der Waals surface area contributed by atoms with Gasteiger partial charge in [-0.15, -0.1) is 0 Å². The molecule has 0 aliphatic rings. The number of carbonyl (C=O) groups is 1. The molecule has 2 aromatic carbocycles. The fourth-order valence-electron chi connectivity index (χ4n) is 2.81. The highest BCUT2D eigenvalue weighted by Crippen LogP contribution is 2.32. The van der Waals surface area contributed by atoms with Gasteiger partial charge in [0.05, 0.1) is 11.8 Å². The number of benzene rings is 2. The molecule has 0 saturated heterocycles. The molecule has 4 rings (SSSR count). The number of nitrogens with zero attached hydrogens (tertiary/aromatic N) is 3. The second-order valence-electron chi connectivity index (χ2n) is 6.08. The molecule has 6 nitrogen and oxygen atoms in total. The van der Waals surface area contributed by atoms with E-state index in [0.29, 0.717) is 16.4 Å². The Morgan fingerprint density at radius 2 is 1.96 bits per heavy atom. The van der Waals surface area contributed by atoms with E-state index in [4.69, 9.17) is 16.7 Å². The van der Waals surface area contributed by atoms with Crippen molar-refractivity contribution < 1.29 is 9.90 Å². The van der Waals surface area contributed by atoms with E-state index in [1.165, 1.54) is 0 Å². The number of aromatic nitrogens is 3. The van der Waals surface area contributed by atoms with E-state index in [1.54, 1.807) is 36.7 Å². The van der Waals surface area contributed by atoms with Crippen molar-refractivity contribution >= 4 is 34.7 Å². The largest absolute Gasteiger partial charge is 0.478 e. The van der Waals surface area contributed by atoms with Crippen molar-refractivity contribution in [2.24, 2.45) is 0 Å². The number of hydrogen-bond donors (Lipinski definition) is 2. The Morgan fingerprint density at radius 1 is 1.19 bits per heavy atom. The van der Waals surface area contributed by atoms with Gasteiger partial charge in [0.15, 0.2) is 5.65 Å². The molecule has 2 N–H and O–H groups in total. The van der Waals surface area contributed by atoms with E-state index in [1.807, 2.05) is 35.7 Å². The van der Waals surface area contributed by atoms with Crippen molar-refractivity contribution in [1.29, 1.82) is 0 Å². The van der Waals surface area contributed by atoms with Crippen molar-refractivity contribution in [3.63, 3.8) is 0 Å². The van der Waals surface area contributed by atoms with E-state index < -0.39 is 5.97 Å². The van der Waals surface area contributed by atoms with Gasteiger partial charge in [-0.3, -0.25) is 9.38 Å². The zero-order chi connectivity index (χ0) is 19.0. The zero-order valence-corrected chi connectivity index (χ0v) is 15.1. The highest BCUT2D eigenvalue weighted by atomic mass is 35.5. The molecule has 0 radical (unpaired) electrons. The number of imidazole rings is 1. The van der Waals surface area contributed by atoms with Crippen LogP contribution in [0.4, 0.5) is 11.5 Å². The van der Waals surface area contributed by atoms with Gasteiger partial charge in [0.1, 0.15) is 11.5 Å².